The van der Waals surface area contributed by atoms with Crippen LogP contribution < -0.4 is 11.1 Å². The number of carbonyl (C=O) groups excluding carboxylic acids is 1. The van der Waals surface area contributed by atoms with Crippen molar-refractivity contribution in [3.05, 3.63) is 29.8 Å². The van der Waals surface area contributed by atoms with Gasteiger partial charge < -0.3 is 16.0 Å². The molecular formula is C16H25Cl2N3O. The first-order valence-electron chi connectivity index (χ1n) is 7.59. The van der Waals surface area contributed by atoms with Gasteiger partial charge in [0.05, 0.1) is 0 Å². The molecule has 0 radical (unpaired) electrons. The van der Waals surface area contributed by atoms with E-state index >= 15 is 0 Å². The number of anilines is 1. The molecule has 3 rings (SSSR count). The Morgan fingerprint density at radius 3 is 2.45 bits per heavy atom. The summed E-state index contributed by atoms with van der Waals surface area (Å²) in [7, 11) is 0. The first kappa shape index (κ1) is 19.1. The number of piperidine rings is 1. The van der Waals surface area contributed by atoms with E-state index < -0.39 is 0 Å². The summed E-state index contributed by atoms with van der Waals surface area (Å²) in [5.41, 5.74) is 7.01. The number of hydrogen-bond donors (Lipinski definition) is 2. The van der Waals surface area contributed by atoms with E-state index in [0.29, 0.717) is 17.3 Å². The van der Waals surface area contributed by atoms with Crippen LogP contribution in [-0.4, -0.2) is 36.5 Å². The van der Waals surface area contributed by atoms with Gasteiger partial charge in [-0.3, -0.25) is 4.79 Å². The minimum absolute atomic E-state index is 0. The SMILES string of the molecule is Cl.Cl.Nc1cccc(C(=O)NC2CCN(CC3CC3)CC2)c1. The molecule has 1 saturated heterocycles. The molecule has 1 aliphatic carbocycles. The maximum Gasteiger partial charge on any atom is 0.251 e. The summed E-state index contributed by atoms with van der Waals surface area (Å²) in [5.74, 6) is 0.950. The van der Waals surface area contributed by atoms with Gasteiger partial charge in [-0.1, -0.05) is 6.07 Å². The van der Waals surface area contributed by atoms with Crippen molar-refractivity contribution < 1.29 is 4.79 Å². The van der Waals surface area contributed by atoms with Crippen LogP contribution in [-0.2, 0) is 0 Å². The van der Waals surface area contributed by atoms with Crippen LogP contribution in [0.3, 0.4) is 0 Å². The van der Waals surface area contributed by atoms with Crippen LogP contribution in [0.15, 0.2) is 24.3 Å². The zero-order chi connectivity index (χ0) is 13.9. The third kappa shape index (κ3) is 5.34. The number of likely N-dealkylation sites (tertiary alicyclic amines) is 1. The quantitative estimate of drug-likeness (QED) is 0.825. The first-order chi connectivity index (χ1) is 9.70. The lowest BCUT2D eigenvalue weighted by atomic mass is 10.0. The van der Waals surface area contributed by atoms with Crippen molar-refractivity contribution in [1.82, 2.24) is 10.2 Å². The first-order valence-corrected chi connectivity index (χ1v) is 7.59. The van der Waals surface area contributed by atoms with Crippen molar-refractivity contribution >= 4 is 36.4 Å². The minimum Gasteiger partial charge on any atom is -0.399 e. The number of halogens is 2. The number of rotatable bonds is 4. The van der Waals surface area contributed by atoms with E-state index in [1.54, 1.807) is 12.1 Å². The fourth-order valence-electron chi connectivity index (χ4n) is 2.87. The van der Waals surface area contributed by atoms with Gasteiger partial charge in [-0.15, -0.1) is 24.8 Å². The molecule has 0 aromatic heterocycles. The monoisotopic (exact) mass is 345 g/mol. The maximum absolute atomic E-state index is 12.2. The highest BCUT2D eigenvalue weighted by Crippen LogP contribution is 2.30. The Morgan fingerprint density at radius 2 is 1.86 bits per heavy atom. The number of nitrogens with two attached hydrogens (primary N) is 1. The molecule has 124 valence electrons. The predicted octanol–water partition coefficient (Wildman–Crippen LogP) is 2.72. The van der Waals surface area contributed by atoms with Gasteiger partial charge in [-0.2, -0.15) is 0 Å². The summed E-state index contributed by atoms with van der Waals surface area (Å²) in [6.45, 7) is 3.48. The summed E-state index contributed by atoms with van der Waals surface area (Å²) in [6, 6.07) is 7.47. The van der Waals surface area contributed by atoms with E-state index in [0.717, 1.165) is 31.8 Å². The number of nitrogens with zero attached hydrogens (tertiary/aromatic N) is 1. The van der Waals surface area contributed by atoms with Gasteiger partial charge in [0.1, 0.15) is 0 Å². The van der Waals surface area contributed by atoms with Crippen molar-refractivity contribution in [3.8, 4) is 0 Å². The van der Waals surface area contributed by atoms with Crippen LogP contribution in [0.5, 0.6) is 0 Å². The van der Waals surface area contributed by atoms with Gasteiger partial charge >= 0.3 is 0 Å². The fraction of sp³-hybridized carbons (Fsp3) is 0.562. The van der Waals surface area contributed by atoms with E-state index in [-0.39, 0.29) is 30.7 Å². The Hall–Kier alpha value is -0.970. The second-order valence-electron chi connectivity index (χ2n) is 6.12. The van der Waals surface area contributed by atoms with E-state index in [9.17, 15) is 4.79 Å². The zero-order valence-corrected chi connectivity index (χ0v) is 14.3. The largest absolute Gasteiger partial charge is 0.399 e. The fourth-order valence-corrected chi connectivity index (χ4v) is 2.87. The molecule has 0 unspecified atom stereocenters. The van der Waals surface area contributed by atoms with Gasteiger partial charge in [0.25, 0.3) is 5.91 Å². The molecule has 22 heavy (non-hydrogen) atoms. The molecule has 1 aromatic carbocycles. The Kier molecular flexibility index (Phi) is 7.46. The average molecular weight is 346 g/mol. The number of nitrogen functional groups attached to an aromatic ring is 1. The Labute approximate surface area is 144 Å². The molecule has 2 fully saturated rings. The van der Waals surface area contributed by atoms with Crippen LogP contribution in [0, 0.1) is 5.92 Å². The molecule has 0 atom stereocenters. The number of benzene rings is 1. The molecule has 0 spiro atoms. The Balaban J connectivity index is 0.00000121. The molecule has 1 saturated carbocycles. The summed E-state index contributed by atoms with van der Waals surface area (Å²) in [4.78, 5) is 14.7. The second-order valence-corrected chi connectivity index (χ2v) is 6.12. The van der Waals surface area contributed by atoms with Crippen LogP contribution in [0.25, 0.3) is 0 Å². The zero-order valence-electron chi connectivity index (χ0n) is 12.7. The highest BCUT2D eigenvalue weighted by atomic mass is 35.5. The lowest BCUT2D eigenvalue weighted by molar-refractivity contribution is 0.0909. The van der Waals surface area contributed by atoms with Crippen LogP contribution >= 0.6 is 24.8 Å². The molecule has 3 N–H and O–H groups in total. The third-order valence-corrected chi connectivity index (χ3v) is 4.28. The smallest absolute Gasteiger partial charge is 0.251 e. The normalized spacial score (nSPS) is 18.9. The molecule has 1 heterocycles. The van der Waals surface area contributed by atoms with Gasteiger partial charge in [0, 0.05) is 36.9 Å². The molecule has 4 nitrogen and oxygen atoms in total. The summed E-state index contributed by atoms with van der Waals surface area (Å²) in [5, 5.41) is 3.13. The van der Waals surface area contributed by atoms with Gasteiger partial charge in [-0.05, 0) is 49.8 Å². The van der Waals surface area contributed by atoms with Crippen molar-refractivity contribution in [1.29, 1.82) is 0 Å². The standard InChI is InChI=1S/C16H23N3O.2ClH/c17-14-3-1-2-13(10-14)16(20)18-15-6-8-19(9-7-15)11-12-4-5-12;;/h1-3,10,12,15H,4-9,11,17H2,(H,18,20);2*1H. The topological polar surface area (TPSA) is 58.4 Å². The van der Waals surface area contributed by atoms with E-state index in [4.69, 9.17) is 5.73 Å². The van der Waals surface area contributed by atoms with Crippen molar-refractivity contribution in [3.63, 3.8) is 0 Å². The molecule has 2 aliphatic rings. The minimum atomic E-state index is -0.00190. The lowest BCUT2D eigenvalue weighted by Gasteiger charge is -2.32. The number of amides is 1. The number of nitrogens with one attached hydrogen (secondary N) is 1. The second kappa shape index (κ2) is 8.61. The highest BCUT2D eigenvalue weighted by molar-refractivity contribution is 5.95. The average Bonchev–Trinajstić information content (AvgIpc) is 3.25. The van der Waals surface area contributed by atoms with Crippen LogP contribution in [0.2, 0.25) is 0 Å². The van der Waals surface area contributed by atoms with Crippen LogP contribution in [0.4, 0.5) is 5.69 Å². The van der Waals surface area contributed by atoms with Crippen LogP contribution in [0.1, 0.15) is 36.0 Å². The molecule has 1 aliphatic heterocycles. The number of hydrogen-bond acceptors (Lipinski definition) is 3. The lowest BCUT2D eigenvalue weighted by Crippen LogP contribution is -2.45. The van der Waals surface area contributed by atoms with Crippen molar-refractivity contribution in [2.45, 2.75) is 31.7 Å². The molecule has 1 aromatic rings. The third-order valence-electron chi connectivity index (χ3n) is 4.28. The van der Waals surface area contributed by atoms with Gasteiger partial charge in [0.2, 0.25) is 0 Å². The number of carbonyl (C=O) groups is 1. The van der Waals surface area contributed by atoms with E-state index in [2.05, 4.69) is 10.2 Å². The van der Waals surface area contributed by atoms with Gasteiger partial charge in [0.15, 0.2) is 0 Å². The van der Waals surface area contributed by atoms with Crippen molar-refractivity contribution in [2.24, 2.45) is 5.92 Å². The molecular weight excluding hydrogens is 321 g/mol. The van der Waals surface area contributed by atoms with E-state index in [1.807, 2.05) is 12.1 Å². The molecule has 0 bridgehead atoms. The predicted molar refractivity (Wildman–Crippen MR) is 95.0 cm³/mol. The highest BCUT2D eigenvalue weighted by Gasteiger charge is 2.27. The molecule has 1 amide bonds. The van der Waals surface area contributed by atoms with E-state index in [1.165, 1.54) is 19.4 Å². The van der Waals surface area contributed by atoms with Gasteiger partial charge in [-0.25, -0.2) is 0 Å². The summed E-state index contributed by atoms with van der Waals surface area (Å²) in [6.07, 6.45) is 4.93. The summed E-state index contributed by atoms with van der Waals surface area (Å²) < 4.78 is 0. The van der Waals surface area contributed by atoms with Crippen molar-refractivity contribution in [2.75, 3.05) is 25.4 Å². The summed E-state index contributed by atoms with van der Waals surface area (Å²) >= 11 is 0. The maximum atomic E-state index is 12.2. The Morgan fingerprint density at radius 1 is 1.18 bits per heavy atom. The molecule has 6 heteroatoms. The Bertz CT molecular complexity index is 486.